The van der Waals surface area contributed by atoms with E-state index in [1.54, 1.807) is 50.3 Å². The van der Waals surface area contributed by atoms with Gasteiger partial charge in [-0.2, -0.15) is 0 Å². The molecule has 0 atom stereocenters. The number of nitrogens with zero attached hydrogens (tertiary/aromatic N) is 5. The van der Waals surface area contributed by atoms with Gasteiger partial charge in [-0.1, -0.05) is 7.43 Å². The molecule has 4 aromatic heterocycles. The Labute approximate surface area is 224 Å². The van der Waals surface area contributed by atoms with E-state index in [4.69, 9.17) is 9.47 Å². The number of hydrogen-bond donors (Lipinski definition) is 1. The molecule has 0 radical (unpaired) electrons. The van der Waals surface area contributed by atoms with E-state index in [0.29, 0.717) is 24.6 Å². The second-order valence-electron chi connectivity index (χ2n) is 6.75. The summed E-state index contributed by atoms with van der Waals surface area (Å²) in [6.07, 6.45) is 10.1. The van der Waals surface area contributed by atoms with Gasteiger partial charge >= 0.3 is 11.9 Å². The average molecular weight is 606 g/mol. The van der Waals surface area contributed by atoms with Gasteiger partial charge in [0.2, 0.25) is 0 Å². The summed E-state index contributed by atoms with van der Waals surface area (Å²) in [4.78, 5) is 41.2. The quantitative estimate of drug-likeness (QED) is 0.250. The van der Waals surface area contributed by atoms with E-state index in [9.17, 15) is 9.59 Å². The van der Waals surface area contributed by atoms with Crippen LogP contribution in [0, 0.1) is 17.4 Å². The molecule has 0 amide bonds. The molecule has 10 nitrogen and oxygen atoms in total. The summed E-state index contributed by atoms with van der Waals surface area (Å²) in [5.74, 6) is -0.765. The fourth-order valence-corrected chi connectivity index (χ4v) is 3.04. The Hall–Kier alpha value is -3.61. The van der Waals surface area contributed by atoms with Crippen LogP contribution in [0.5, 0.6) is 0 Å². The molecule has 4 aromatic rings. The number of ether oxygens (including phenoxy) is 2. The normalized spacial score (nSPS) is 9.47. The van der Waals surface area contributed by atoms with E-state index < -0.39 is 5.97 Å². The van der Waals surface area contributed by atoms with E-state index >= 15 is 0 Å². The van der Waals surface area contributed by atoms with Crippen LogP contribution in [0.4, 0.5) is 0 Å². The number of imidazole rings is 2. The molecular weight excluding hydrogens is 575 g/mol. The molecule has 11 heteroatoms. The highest BCUT2D eigenvalue weighted by Gasteiger charge is 2.16. The zero-order valence-corrected chi connectivity index (χ0v) is 22.1. The lowest BCUT2D eigenvalue weighted by Gasteiger charge is -2.04. The summed E-state index contributed by atoms with van der Waals surface area (Å²) < 4.78 is 12.7. The van der Waals surface area contributed by atoms with Gasteiger partial charge in [0.15, 0.2) is 11.4 Å². The Balaban J connectivity index is 0.000000293. The topological polar surface area (TPSA) is 125 Å². The summed E-state index contributed by atoms with van der Waals surface area (Å²) in [6.45, 7) is 7.86. The second-order valence-corrected chi connectivity index (χ2v) is 7.99. The van der Waals surface area contributed by atoms with Crippen LogP contribution >= 0.6 is 22.6 Å². The van der Waals surface area contributed by atoms with Gasteiger partial charge in [0.05, 0.1) is 37.1 Å². The fourth-order valence-electron chi connectivity index (χ4n) is 2.67. The monoisotopic (exact) mass is 606 g/mol. The van der Waals surface area contributed by atoms with Crippen LogP contribution < -0.4 is 0 Å². The molecule has 0 aliphatic rings. The van der Waals surface area contributed by atoms with Crippen molar-refractivity contribution in [3.63, 3.8) is 0 Å². The third-order valence-corrected chi connectivity index (χ3v) is 4.96. The zero-order valence-electron chi connectivity index (χ0n) is 19.9. The van der Waals surface area contributed by atoms with E-state index in [2.05, 4.69) is 47.5 Å². The number of aromatic nitrogens is 6. The molecule has 0 saturated heterocycles. The van der Waals surface area contributed by atoms with Crippen molar-refractivity contribution >= 4 is 34.5 Å². The van der Waals surface area contributed by atoms with Gasteiger partial charge in [-0.25, -0.2) is 19.6 Å². The zero-order chi connectivity index (χ0) is 25.6. The maximum Gasteiger partial charge on any atom is 0.358 e. The van der Waals surface area contributed by atoms with Crippen molar-refractivity contribution in [2.45, 2.75) is 35.1 Å². The van der Waals surface area contributed by atoms with E-state index in [-0.39, 0.29) is 13.4 Å². The van der Waals surface area contributed by atoms with Crippen molar-refractivity contribution in [1.29, 1.82) is 0 Å². The van der Waals surface area contributed by atoms with Gasteiger partial charge in [-0.15, -0.1) is 0 Å². The Morgan fingerprint density at radius 1 is 0.944 bits per heavy atom. The number of carbonyl (C=O) groups is 2. The first-order valence-electron chi connectivity index (χ1n) is 10.7. The number of pyridine rings is 2. The molecular formula is C25H31IN6O4. The molecule has 0 saturated carbocycles. The molecule has 192 valence electrons. The Kier molecular flexibility index (Phi) is 13.6. The van der Waals surface area contributed by atoms with E-state index in [1.807, 2.05) is 37.4 Å². The van der Waals surface area contributed by atoms with E-state index in [1.165, 1.54) is 9.90 Å². The van der Waals surface area contributed by atoms with Crippen molar-refractivity contribution in [3.8, 4) is 5.69 Å². The molecule has 0 aliphatic heterocycles. The van der Waals surface area contributed by atoms with Gasteiger partial charge in [0.1, 0.15) is 6.33 Å². The maximum absolute atomic E-state index is 11.6. The van der Waals surface area contributed by atoms with Crippen LogP contribution in [0.3, 0.4) is 0 Å². The first-order valence-corrected chi connectivity index (χ1v) is 11.8. The minimum Gasteiger partial charge on any atom is -0.461 e. The molecule has 1 N–H and O–H groups in total. The lowest BCUT2D eigenvalue weighted by molar-refractivity contribution is 0.0509. The molecule has 4 rings (SSSR count). The number of carbonyl (C=O) groups excluding carboxylic acids is 2. The SMILES string of the molecule is C.CCOC(=O)c1nc[nH]c1C.CCOC(=O)c1ncn(-c2cccnc2)c1C.Ic1cccnc1. The molecule has 4 heterocycles. The van der Waals surface area contributed by atoms with Crippen molar-refractivity contribution in [3.05, 3.63) is 88.1 Å². The third kappa shape index (κ3) is 9.21. The number of rotatable bonds is 5. The molecule has 0 unspecified atom stereocenters. The van der Waals surface area contributed by atoms with Gasteiger partial charge in [0.25, 0.3) is 0 Å². The Morgan fingerprint density at radius 3 is 2.00 bits per heavy atom. The Morgan fingerprint density at radius 2 is 1.56 bits per heavy atom. The number of aryl methyl sites for hydroxylation is 1. The number of nitrogens with one attached hydrogen (secondary N) is 1. The number of hydrogen-bond acceptors (Lipinski definition) is 8. The van der Waals surface area contributed by atoms with Crippen LogP contribution in [0.1, 0.15) is 53.6 Å². The highest BCUT2D eigenvalue weighted by molar-refractivity contribution is 14.1. The van der Waals surface area contributed by atoms with E-state index in [0.717, 1.165) is 17.1 Å². The van der Waals surface area contributed by atoms with Gasteiger partial charge in [-0.3, -0.25) is 9.97 Å². The van der Waals surface area contributed by atoms with Crippen LogP contribution in [-0.2, 0) is 9.47 Å². The lowest BCUT2D eigenvalue weighted by atomic mass is 10.3. The Bertz CT molecular complexity index is 1200. The number of esters is 2. The fraction of sp³-hybridized carbons (Fsp3) is 0.280. The van der Waals surface area contributed by atoms with Crippen molar-refractivity contribution in [2.75, 3.05) is 13.2 Å². The highest BCUT2D eigenvalue weighted by atomic mass is 127. The number of aromatic amines is 1. The first kappa shape index (κ1) is 30.4. The minimum absolute atomic E-state index is 0. The summed E-state index contributed by atoms with van der Waals surface area (Å²) in [5, 5.41) is 0. The molecule has 0 spiro atoms. The van der Waals surface area contributed by atoms with Crippen molar-refractivity contribution in [2.24, 2.45) is 0 Å². The van der Waals surface area contributed by atoms with Crippen LogP contribution in [-0.4, -0.2) is 54.6 Å². The van der Waals surface area contributed by atoms with Crippen LogP contribution in [0.2, 0.25) is 0 Å². The molecule has 0 bridgehead atoms. The third-order valence-electron chi connectivity index (χ3n) is 4.32. The predicted molar refractivity (Wildman–Crippen MR) is 145 cm³/mol. The summed E-state index contributed by atoms with van der Waals surface area (Å²) in [7, 11) is 0. The largest absolute Gasteiger partial charge is 0.461 e. The molecule has 0 aliphatic carbocycles. The van der Waals surface area contributed by atoms with Gasteiger partial charge in [-0.05, 0) is 74.6 Å². The first-order chi connectivity index (χ1) is 16.9. The van der Waals surface area contributed by atoms with Crippen LogP contribution in [0.25, 0.3) is 5.69 Å². The lowest BCUT2D eigenvalue weighted by Crippen LogP contribution is -2.07. The van der Waals surface area contributed by atoms with Crippen molar-refractivity contribution < 1.29 is 19.1 Å². The van der Waals surface area contributed by atoms with Gasteiger partial charge in [0, 0.05) is 27.9 Å². The standard InChI is InChI=1S/C12H13N3O2.C7H10N2O2.C5H4IN.CH4/c1-3-17-12(16)11-9(2)15(8-14-11)10-5-4-6-13-7-10;1-3-11-7(10)6-5(2)8-4-9-6;6-5-2-1-3-7-4-5;/h4-8H,3H2,1-2H3;4H,3H2,1-2H3,(H,8,9);1-4H;1H4. The molecule has 36 heavy (non-hydrogen) atoms. The average Bonchev–Trinajstić information content (AvgIpc) is 3.47. The number of H-pyrrole nitrogens is 1. The maximum atomic E-state index is 11.6. The summed E-state index contributed by atoms with van der Waals surface area (Å²) in [5.41, 5.74) is 3.07. The van der Waals surface area contributed by atoms with Crippen molar-refractivity contribution in [1.82, 2.24) is 29.5 Å². The molecule has 0 aromatic carbocycles. The van der Waals surface area contributed by atoms with Gasteiger partial charge < -0.3 is 19.0 Å². The van der Waals surface area contributed by atoms with Crippen LogP contribution in [0.15, 0.2) is 61.7 Å². The highest BCUT2D eigenvalue weighted by Crippen LogP contribution is 2.13. The summed E-state index contributed by atoms with van der Waals surface area (Å²) in [6, 6.07) is 7.66. The number of halogens is 1. The second kappa shape index (κ2) is 16.1. The minimum atomic E-state index is -0.396. The smallest absolute Gasteiger partial charge is 0.358 e. The predicted octanol–water partition coefficient (Wildman–Crippen LogP) is 4.97. The molecule has 0 fully saturated rings. The summed E-state index contributed by atoms with van der Waals surface area (Å²) >= 11 is 2.22.